The van der Waals surface area contributed by atoms with Crippen molar-refractivity contribution >= 4 is 0 Å². The molecule has 5 heteroatoms. The normalized spacial score (nSPS) is 14.5. The van der Waals surface area contributed by atoms with E-state index in [9.17, 15) is 13.9 Å². The maximum Gasteiger partial charge on any atom is 0.387 e. The molecule has 0 aliphatic rings. The summed E-state index contributed by atoms with van der Waals surface area (Å²) >= 11 is 0. The number of hydrogen-bond donors (Lipinski definition) is 2. The molecular weight excluding hydrogens is 252 g/mol. The van der Waals surface area contributed by atoms with Crippen molar-refractivity contribution in [3.05, 3.63) is 29.3 Å². The number of aryl methyl sites for hydroxylation is 1. The molecule has 0 fully saturated rings. The summed E-state index contributed by atoms with van der Waals surface area (Å²) in [5.74, 6) is 0.192. The molecule has 0 aromatic heterocycles. The number of nitrogens with one attached hydrogen (secondary N) is 1. The molecular formula is C14H21F2NO2. The molecule has 108 valence electrons. The average Bonchev–Trinajstić information content (AvgIpc) is 2.30. The smallest absolute Gasteiger partial charge is 0.387 e. The summed E-state index contributed by atoms with van der Waals surface area (Å²) in [6, 6.07) is 5.01. The van der Waals surface area contributed by atoms with Gasteiger partial charge in [0.25, 0.3) is 0 Å². The third-order valence-electron chi connectivity index (χ3n) is 2.86. The Morgan fingerprint density at radius 1 is 1.32 bits per heavy atom. The highest BCUT2D eigenvalue weighted by Crippen LogP contribution is 2.27. The first kappa shape index (κ1) is 15.9. The summed E-state index contributed by atoms with van der Waals surface area (Å²) in [6.45, 7) is 3.28. The Bertz CT molecular complexity index is 397. The van der Waals surface area contributed by atoms with E-state index < -0.39 is 6.61 Å². The zero-order chi connectivity index (χ0) is 14.4. The van der Waals surface area contributed by atoms with Crippen LogP contribution in [-0.2, 0) is 0 Å². The lowest BCUT2D eigenvalue weighted by molar-refractivity contribution is -0.0506. The Kier molecular flexibility index (Phi) is 6.18. The zero-order valence-electron chi connectivity index (χ0n) is 11.5. The molecule has 0 heterocycles. The van der Waals surface area contributed by atoms with Crippen LogP contribution in [0.3, 0.4) is 0 Å². The van der Waals surface area contributed by atoms with E-state index in [0.29, 0.717) is 18.5 Å². The predicted octanol–water partition coefficient (Wildman–Crippen LogP) is 3.02. The van der Waals surface area contributed by atoms with Gasteiger partial charge < -0.3 is 15.2 Å². The summed E-state index contributed by atoms with van der Waals surface area (Å²) in [6.07, 6.45) is 0.232. The number of aliphatic hydroxyl groups is 1. The lowest BCUT2D eigenvalue weighted by Crippen LogP contribution is -2.23. The van der Waals surface area contributed by atoms with Gasteiger partial charge in [-0.2, -0.15) is 8.78 Å². The fourth-order valence-corrected chi connectivity index (χ4v) is 1.83. The largest absolute Gasteiger partial charge is 0.434 e. The van der Waals surface area contributed by atoms with Crippen molar-refractivity contribution in [1.29, 1.82) is 0 Å². The van der Waals surface area contributed by atoms with Crippen LogP contribution in [-0.4, -0.2) is 24.4 Å². The van der Waals surface area contributed by atoms with Crippen LogP contribution >= 0.6 is 0 Å². The van der Waals surface area contributed by atoms with Crippen LogP contribution in [0.15, 0.2) is 18.2 Å². The number of halogens is 2. The molecule has 1 rings (SSSR count). The Balaban J connectivity index is 2.75. The van der Waals surface area contributed by atoms with E-state index in [1.54, 1.807) is 19.1 Å². The molecule has 19 heavy (non-hydrogen) atoms. The second-order valence-electron chi connectivity index (χ2n) is 4.73. The van der Waals surface area contributed by atoms with Crippen molar-refractivity contribution in [2.75, 3.05) is 6.54 Å². The van der Waals surface area contributed by atoms with Crippen LogP contribution < -0.4 is 10.1 Å². The highest BCUT2D eigenvalue weighted by atomic mass is 19.3. The van der Waals surface area contributed by atoms with Gasteiger partial charge in [0.05, 0.1) is 6.10 Å². The summed E-state index contributed by atoms with van der Waals surface area (Å²) in [7, 11) is 0. The van der Waals surface area contributed by atoms with Crippen LogP contribution in [0.25, 0.3) is 0 Å². The minimum Gasteiger partial charge on any atom is -0.434 e. The van der Waals surface area contributed by atoms with E-state index in [-0.39, 0.29) is 17.9 Å². The Hall–Kier alpha value is -1.20. The van der Waals surface area contributed by atoms with E-state index >= 15 is 0 Å². The minimum atomic E-state index is -2.83. The highest BCUT2D eigenvalue weighted by molar-refractivity contribution is 5.39. The molecule has 2 N–H and O–H groups in total. The van der Waals surface area contributed by atoms with Crippen molar-refractivity contribution < 1.29 is 18.6 Å². The summed E-state index contributed by atoms with van der Waals surface area (Å²) in [5.41, 5.74) is 1.69. The molecule has 0 spiro atoms. The van der Waals surface area contributed by atoms with E-state index in [1.165, 1.54) is 0 Å². The van der Waals surface area contributed by atoms with Gasteiger partial charge in [-0.15, -0.1) is 0 Å². The molecule has 0 saturated heterocycles. The van der Waals surface area contributed by atoms with E-state index in [1.807, 2.05) is 19.9 Å². The molecule has 0 radical (unpaired) electrons. The van der Waals surface area contributed by atoms with Gasteiger partial charge in [0.2, 0.25) is 0 Å². The lowest BCUT2D eigenvalue weighted by atomic mass is 10.0. The molecule has 0 aliphatic heterocycles. The molecule has 0 saturated carbocycles. The van der Waals surface area contributed by atoms with Gasteiger partial charge in [0, 0.05) is 11.6 Å². The first-order chi connectivity index (χ1) is 8.90. The molecule has 2 atom stereocenters. The first-order valence-corrected chi connectivity index (χ1v) is 6.37. The molecule has 1 aromatic rings. The van der Waals surface area contributed by atoms with Crippen molar-refractivity contribution in [2.45, 2.75) is 45.9 Å². The van der Waals surface area contributed by atoms with Crippen molar-refractivity contribution in [3.8, 4) is 5.75 Å². The Morgan fingerprint density at radius 2 is 2.00 bits per heavy atom. The van der Waals surface area contributed by atoms with Crippen LogP contribution in [0.1, 0.15) is 37.4 Å². The van der Waals surface area contributed by atoms with Crippen LogP contribution in [0.2, 0.25) is 0 Å². The number of hydrogen-bond acceptors (Lipinski definition) is 3. The summed E-state index contributed by atoms with van der Waals surface area (Å²) in [4.78, 5) is 0. The fourth-order valence-electron chi connectivity index (χ4n) is 1.83. The molecule has 3 nitrogen and oxygen atoms in total. The van der Waals surface area contributed by atoms with Gasteiger partial charge in [-0.1, -0.05) is 17.7 Å². The molecule has 1 aromatic carbocycles. The van der Waals surface area contributed by atoms with Crippen LogP contribution in [0.4, 0.5) is 8.78 Å². The fraction of sp³-hybridized carbons (Fsp3) is 0.571. The number of alkyl halides is 2. The van der Waals surface area contributed by atoms with Gasteiger partial charge in [-0.3, -0.25) is 0 Å². The maximum absolute atomic E-state index is 12.3. The lowest BCUT2D eigenvalue weighted by Gasteiger charge is -2.19. The van der Waals surface area contributed by atoms with Gasteiger partial charge >= 0.3 is 6.61 Å². The van der Waals surface area contributed by atoms with Crippen LogP contribution in [0, 0.1) is 6.92 Å². The monoisotopic (exact) mass is 273 g/mol. The summed E-state index contributed by atoms with van der Waals surface area (Å²) < 4.78 is 29.2. The molecule has 0 amide bonds. The Morgan fingerprint density at radius 3 is 2.58 bits per heavy atom. The van der Waals surface area contributed by atoms with Crippen molar-refractivity contribution in [1.82, 2.24) is 5.32 Å². The molecule has 0 aliphatic carbocycles. The second kappa shape index (κ2) is 7.40. The van der Waals surface area contributed by atoms with Gasteiger partial charge in [0.15, 0.2) is 0 Å². The third kappa shape index (κ3) is 5.53. The number of aliphatic hydroxyl groups excluding tert-OH is 1. The van der Waals surface area contributed by atoms with Crippen molar-refractivity contribution in [2.24, 2.45) is 0 Å². The Labute approximate surface area is 112 Å². The third-order valence-corrected chi connectivity index (χ3v) is 2.86. The topological polar surface area (TPSA) is 41.5 Å². The summed E-state index contributed by atoms with van der Waals surface area (Å²) in [5, 5.41) is 12.4. The quantitative estimate of drug-likeness (QED) is 0.802. The van der Waals surface area contributed by atoms with E-state index in [0.717, 1.165) is 5.56 Å². The number of benzene rings is 1. The maximum atomic E-state index is 12.3. The van der Waals surface area contributed by atoms with Gasteiger partial charge in [-0.05, 0) is 39.8 Å². The van der Waals surface area contributed by atoms with E-state index in [2.05, 4.69) is 10.1 Å². The highest BCUT2D eigenvalue weighted by Gasteiger charge is 2.15. The number of rotatable bonds is 7. The van der Waals surface area contributed by atoms with Crippen LogP contribution in [0.5, 0.6) is 5.75 Å². The molecule has 0 bridgehead atoms. The average molecular weight is 273 g/mol. The van der Waals surface area contributed by atoms with Gasteiger partial charge in [0.1, 0.15) is 5.75 Å². The standard InChI is InChI=1S/C14H21F2NO2/c1-9-4-5-13(19-14(15)16)12(8-9)11(3)17-7-6-10(2)18/h4-5,8,10-11,14,17-18H,6-7H2,1-3H3. The molecule has 2 unspecified atom stereocenters. The van der Waals surface area contributed by atoms with Gasteiger partial charge in [-0.25, -0.2) is 0 Å². The SMILES string of the molecule is Cc1ccc(OC(F)F)c(C(C)NCCC(C)O)c1. The first-order valence-electron chi connectivity index (χ1n) is 6.37. The predicted molar refractivity (Wildman–Crippen MR) is 70.5 cm³/mol. The number of ether oxygens (including phenoxy) is 1. The zero-order valence-corrected chi connectivity index (χ0v) is 11.5. The van der Waals surface area contributed by atoms with Crippen molar-refractivity contribution in [3.63, 3.8) is 0 Å². The second-order valence-corrected chi connectivity index (χ2v) is 4.73. The van der Waals surface area contributed by atoms with E-state index in [4.69, 9.17) is 0 Å². The minimum absolute atomic E-state index is 0.118.